The molecule has 0 fully saturated rings. The lowest BCUT2D eigenvalue weighted by atomic mass is 10.1. The van der Waals surface area contributed by atoms with Crippen molar-refractivity contribution in [3.8, 4) is 5.69 Å². The van der Waals surface area contributed by atoms with Gasteiger partial charge in [0.15, 0.2) is 0 Å². The molecule has 1 aromatic carbocycles. The van der Waals surface area contributed by atoms with Gasteiger partial charge in [-0.3, -0.25) is 4.79 Å². The number of benzene rings is 1. The Morgan fingerprint density at radius 3 is 2.84 bits per heavy atom. The van der Waals surface area contributed by atoms with E-state index in [4.69, 9.17) is 5.73 Å². The zero-order chi connectivity index (χ0) is 17.6. The molecule has 2 aromatic heterocycles. The largest absolute Gasteiger partial charge is 0.352 e. The highest BCUT2D eigenvalue weighted by atomic mass is 32.1. The van der Waals surface area contributed by atoms with Crippen molar-refractivity contribution in [2.45, 2.75) is 12.5 Å². The second-order valence-electron chi connectivity index (χ2n) is 5.35. The zero-order valence-corrected chi connectivity index (χ0v) is 14.1. The fourth-order valence-corrected chi connectivity index (χ4v) is 3.22. The van der Waals surface area contributed by atoms with E-state index in [0.717, 1.165) is 10.6 Å². The summed E-state index contributed by atoms with van der Waals surface area (Å²) in [6.45, 7) is 0. The number of imidazole rings is 1. The topological polar surface area (TPSA) is 102 Å². The van der Waals surface area contributed by atoms with Gasteiger partial charge in [0.05, 0.1) is 18.8 Å². The standard InChI is InChI=1S/C17H17N5O2S/c18-17(24)21-14(15-5-2-8-25-15)10-16(23)20-12-3-1-4-13(9-12)22-7-6-19-11-22/h1-9,11,14H,10H2,(H,20,23)(H3,18,21,24)/t14-/m1/s1. The molecule has 25 heavy (non-hydrogen) atoms. The molecule has 0 radical (unpaired) electrons. The number of carbonyl (C=O) groups is 2. The average Bonchev–Trinajstić information content (AvgIpc) is 3.28. The van der Waals surface area contributed by atoms with Crippen LogP contribution in [0.3, 0.4) is 0 Å². The molecule has 0 spiro atoms. The maximum atomic E-state index is 12.4. The van der Waals surface area contributed by atoms with Crippen LogP contribution < -0.4 is 16.4 Å². The summed E-state index contributed by atoms with van der Waals surface area (Å²) in [5.41, 5.74) is 6.77. The highest BCUT2D eigenvalue weighted by Gasteiger charge is 2.18. The van der Waals surface area contributed by atoms with Crippen molar-refractivity contribution >= 4 is 29.0 Å². The molecule has 0 aliphatic carbocycles. The molecule has 4 N–H and O–H groups in total. The van der Waals surface area contributed by atoms with Gasteiger partial charge in [-0.15, -0.1) is 11.3 Å². The number of nitrogens with zero attached hydrogens (tertiary/aromatic N) is 2. The normalized spacial score (nSPS) is 11.7. The summed E-state index contributed by atoms with van der Waals surface area (Å²) in [6.07, 6.45) is 5.29. The summed E-state index contributed by atoms with van der Waals surface area (Å²) in [7, 11) is 0. The molecular formula is C17H17N5O2S. The third-order valence-corrected chi connectivity index (χ3v) is 4.51. The van der Waals surface area contributed by atoms with E-state index in [-0.39, 0.29) is 12.3 Å². The number of primary amides is 1. The number of thiophene rings is 1. The van der Waals surface area contributed by atoms with Gasteiger partial charge < -0.3 is 20.9 Å². The van der Waals surface area contributed by atoms with Gasteiger partial charge in [-0.05, 0) is 29.6 Å². The molecule has 0 aliphatic heterocycles. The molecule has 1 atom stereocenters. The van der Waals surface area contributed by atoms with Gasteiger partial charge in [-0.1, -0.05) is 12.1 Å². The molecule has 0 unspecified atom stereocenters. The van der Waals surface area contributed by atoms with Crippen LogP contribution >= 0.6 is 11.3 Å². The summed E-state index contributed by atoms with van der Waals surface area (Å²) in [6, 6.07) is 10.0. The molecule has 3 amide bonds. The van der Waals surface area contributed by atoms with Crippen LogP contribution in [-0.4, -0.2) is 21.5 Å². The smallest absolute Gasteiger partial charge is 0.312 e. The molecule has 128 valence electrons. The Kier molecular flexibility index (Phi) is 5.10. The van der Waals surface area contributed by atoms with Crippen LogP contribution in [0.2, 0.25) is 0 Å². The summed E-state index contributed by atoms with van der Waals surface area (Å²) in [5.74, 6) is -0.213. The van der Waals surface area contributed by atoms with Gasteiger partial charge in [0.2, 0.25) is 5.91 Å². The first-order valence-corrected chi connectivity index (χ1v) is 8.47. The molecule has 0 saturated carbocycles. The first-order chi connectivity index (χ1) is 12.1. The van der Waals surface area contributed by atoms with E-state index >= 15 is 0 Å². The van der Waals surface area contributed by atoms with Crippen molar-refractivity contribution in [3.05, 3.63) is 65.4 Å². The van der Waals surface area contributed by atoms with Gasteiger partial charge >= 0.3 is 6.03 Å². The van der Waals surface area contributed by atoms with E-state index in [9.17, 15) is 9.59 Å². The molecule has 2 heterocycles. The summed E-state index contributed by atoms with van der Waals surface area (Å²) < 4.78 is 1.85. The summed E-state index contributed by atoms with van der Waals surface area (Å²) >= 11 is 1.46. The third kappa shape index (κ3) is 4.45. The second-order valence-corrected chi connectivity index (χ2v) is 6.33. The molecule has 7 nitrogen and oxygen atoms in total. The third-order valence-electron chi connectivity index (χ3n) is 3.53. The fourth-order valence-electron chi connectivity index (χ4n) is 2.44. The van der Waals surface area contributed by atoms with Crippen molar-refractivity contribution in [1.29, 1.82) is 0 Å². The first kappa shape index (κ1) is 16.7. The molecule has 3 aromatic rings. The molecule has 8 heteroatoms. The highest BCUT2D eigenvalue weighted by molar-refractivity contribution is 7.10. The fraction of sp³-hybridized carbons (Fsp3) is 0.118. The lowest BCUT2D eigenvalue weighted by Crippen LogP contribution is -2.34. The maximum Gasteiger partial charge on any atom is 0.312 e. The number of anilines is 1. The second kappa shape index (κ2) is 7.63. The van der Waals surface area contributed by atoms with Crippen LogP contribution in [0.15, 0.2) is 60.5 Å². The molecule has 0 aliphatic rings. The van der Waals surface area contributed by atoms with Gasteiger partial charge in [0.1, 0.15) is 0 Å². The van der Waals surface area contributed by atoms with Gasteiger partial charge in [0, 0.05) is 28.6 Å². The van der Waals surface area contributed by atoms with Crippen LogP contribution in [0, 0.1) is 0 Å². The van der Waals surface area contributed by atoms with E-state index in [1.165, 1.54) is 11.3 Å². The van der Waals surface area contributed by atoms with Crippen LogP contribution in [0.25, 0.3) is 5.69 Å². The Morgan fingerprint density at radius 1 is 1.28 bits per heavy atom. The van der Waals surface area contributed by atoms with Crippen LogP contribution in [0.1, 0.15) is 17.3 Å². The Bertz CT molecular complexity index is 846. The number of urea groups is 1. The Balaban J connectivity index is 1.69. The predicted octanol–water partition coefficient (Wildman–Crippen LogP) is 2.67. The van der Waals surface area contributed by atoms with Gasteiger partial charge in [-0.2, -0.15) is 0 Å². The molecule has 0 bridgehead atoms. The van der Waals surface area contributed by atoms with Crippen LogP contribution in [0.4, 0.5) is 10.5 Å². The van der Waals surface area contributed by atoms with Crippen molar-refractivity contribution < 1.29 is 9.59 Å². The Morgan fingerprint density at radius 2 is 2.16 bits per heavy atom. The van der Waals surface area contributed by atoms with E-state index in [1.807, 2.05) is 46.5 Å². The number of nitrogens with two attached hydrogens (primary N) is 1. The van der Waals surface area contributed by atoms with Crippen molar-refractivity contribution in [1.82, 2.24) is 14.9 Å². The summed E-state index contributed by atoms with van der Waals surface area (Å²) in [4.78, 5) is 28.5. The lowest BCUT2D eigenvalue weighted by Gasteiger charge is -2.16. The lowest BCUT2D eigenvalue weighted by molar-refractivity contribution is -0.116. The zero-order valence-electron chi connectivity index (χ0n) is 13.3. The number of aromatic nitrogens is 2. The van der Waals surface area contributed by atoms with Crippen molar-refractivity contribution in [2.75, 3.05) is 5.32 Å². The maximum absolute atomic E-state index is 12.4. The van der Waals surface area contributed by atoms with Crippen molar-refractivity contribution in [3.63, 3.8) is 0 Å². The van der Waals surface area contributed by atoms with Gasteiger partial charge in [0.25, 0.3) is 0 Å². The quantitative estimate of drug-likeness (QED) is 0.633. The minimum absolute atomic E-state index is 0.0960. The minimum Gasteiger partial charge on any atom is -0.352 e. The number of hydrogen-bond acceptors (Lipinski definition) is 4. The Hall–Kier alpha value is -3.13. The van der Waals surface area contributed by atoms with Gasteiger partial charge in [-0.25, -0.2) is 9.78 Å². The predicted molar refractivity (Wildman–Crippen MR) is 96.6 cm³/mol. The number of amides is 3. The van der Waals surface area contributed by atoms with E-state index in [1.54, 1.807) is 18.6 Å². The monoisotopic (exact) mass is 355 g/mol. The number of rotatable bonds is 6. The molecule has 0 saturated heterocycles. The Labute approximate surface area is 148 Å². The molecular weight excluding hydrogens is 338 g/mol. The number of carbonyl (C=O) groups excluding carboxylic acids is 2. The number of nitrogens with one attached hydrogen (secondary N) is 2. The molecule has 3 rings (SSSR count). The summed E-state index contributed by atoms with van der Waals surface area (Å²) in [5, 5.41) is 7.34. The number of hydrogen-bond donors (Lipinski definition) is 3. The van der Waals surface area contributed by atoms with E-state index in [2.05, 4.69) is 15.6 Å². The SMILES string of the molecule is NC(=O)N[C@H](CC(=O)Nc1cccc(-n2ccnc2)c1)c1cccs1. The average molecular weight is 355 g/mol. The van der Waals surface area contributed by atoms with E-state index < -0.39 is 12.1 Å². The first-order valence-electron chi connectivity index (χ1n) is 7.59. The van der Waals surface area contributed by atoms with Crippen LogP contribution in [-0.2, 0) is 4.79 Å². The highest BCUT2D eigenvalue weighted by Crippen LogP contribution is 2.23. The minimum atomic E-state index is -0.659. The van der Waals surface area contributed by atoms with Crippen molar-refractivity contribution in [2.24, 2.45) is 5.73 Å². The van der Waals surface area contributed by atoms with E-state index in [0.29, 0.717) is 5.69 Å². The van der Waals surface area contributed by atoms with Crippen LogP contribution in [0.5, 0.6) is 0 Å².